The summed E-state index contributed by atoms with van der Waals surface area (Å²) in [7, 11) is 0. The molecule has 0 radical (unpaired) electrons. The van der Waals surface area contributed by atoms with E-state index in [1.165, 1.54) is 18.6 Å². The van der Waals surface area contributed by atoms with E-state index in [9.17, 15) is 5.11 Å². The van der Waals surface area contributed by atoms with Gasteiger partial charge in [-0.3, -0.25) is 0 Å². The van der Waals surface area contributed by atoms with Crippen molar-refractivity contribution in [3.05, 3.63) is 0 Å². The van der Waals surface area contributed by atoms with Crippen LogP contribution in [0.15, 0.2) is 0 Å². The number of unbranched alkanes of at least 4 members (excludes halogenated alkanes) is 1. The minimum Gasteiger partial charge on any atom is -0.390 e. The standard InChI is InChI=1S/C12H28N2OS/c1-4-14(5-2)11-12(15)10-13-8-6-7-9-16-3/h12-13,15H,4-11H2,1-3H3. The third-order valence-electron chi connectivity index (χ3n) is 2.70. The van der Waals surface area contributed by atoms with Crippen molar-refractivity contribution in [1.29, 1.82) is 0 Å². The number of aliphatic hydroxyl groups excluding tert-OH is 1. The van der Waals surface area contributed by atoms with Crippen LogP contribution in [0.25, 0.3) is 0 Å². The van der Waals surface area contributed by atoms with Crippen LogP contribution in [0, 0.1) is 0 Å². The average Bonchev–Trinajstić information content (AvgIpc) is 2.30. The lowest BCUT2D eigenvalue weighted by molar-refractivity contribution is 0.117. The molecule has 0 aromatic carbocycles. The van der Waals surface area contributed by atoms with Gasteiger partial charge in [-0.25, -0.2) is 0 Å². The molecule has 4 heteroatoms. The minimum absolute atomic E-state index is 0.236. The summed E-state index contributed by atoms with van der Waals surface area (Å²) in [4.78, 5) is 2.25. The van der Waals surface area contributed by atoms with Crippen molar-refractivity contribution < 1.29 is 5.11 Å². The maximum Gasteiger partial charge on any atom is 0.0791 e. The van der Waals surface area contributed by atoms with Gasteiger partial charge >= 0.3 is 0 Å². The fourth-order valence-electron chi connectivity index (χ4n) is 1.61. The van der Waals surface area contributed by atoms with Gasteiger partial charge in [0, 0.05) is 13.1 Å². The maximum absolute atomic E-state index is 9.78. The SMILES string of the molecule is CCN(CC)CC(O)CNCCCCSC. The Kier molecular flexibility index (Phi) is 11.9. The van der Waals surface area contributed by atoms with Gasteiger partial charge in [0.05, 0.1) is 6.10 Å². The van der Waals surface area contributed by atoms with E-state index in [0.29, 0.717) is 0 Å². The molecule has 0 aliphatic carbocycles. The van der Waals surface area contributed by atoms with Gasteiger partial charge in [-0.15, -0.1) is 0 Å². The van der Waals surface area contributed by atoms with Crippen LogP contribution < -0.4 is 5.32 Å². The van der Waals surface area contributed by atoms with Gasteiger partial charge in [0.1, 0.15) is 0 Å². The smallest absolute Gasteiger partial charge is 0.0791 e. The lowest BCUT2D eigenvalue weighted by Gasteiger charge is -2.22. The van der Waals surface area contributed by atoms with E-state index in [2.05, 4.69) is 30.3 Å². The fourth-order valence-corrected chi connectivity index (χ4v) is 2.10. The summed E-state index contributed by atoms with van der Waals surface area (Å²) in [6.45, 7) is 8.82. The molecule has 1 atom stereocenters. The molecule has 0 aliphatic rings. The van der Waals surface area contributed by atoms with Crippen molar-refractivity contribution in [3.63, 3.8) is 0 Å². The van der Waals surface area contributed by atoms with Crippen molar-refractivity contribution in [2.24, 2.45) is 0 Å². The van der Waals surface area contributed by atoms with Crippen LogP contribution in [0.2, 0.25) is 0 Å². The molecule has 1 unspecified atom stereocenters. The summed E-state index contributed by atoms with van der Waals surface area (Å²) >= 11 is 1.90. The minimum atomic E-state index is -0.236. The number of hydrogen-bond donors (Lipinski definition) is 2. The molecule has 16 heavy (non-hydrogen) atoms. The molecule has 0 spiro atoms. The fraction of sp³-hybridized carbons (Fsp3) is 1.00. The second-order valence-corrected chi connectivity index (χ2v) is 5.03. The molecule has 0 bridgehead atoms. The number of rotatable bonds is 11. The molecule has 0 saturated carbocycles. The molecule has 0 aromatic rings. The van der Waals surface area contributed by atoms with E-state index in [-0.39, 0.29) is 6.10 Å². The molecule has 0 amide bonds. The van der Waals surface area contributed by atoms with Gasteiger partial charge in [-0.2, -0.15) is 11.8 Å². The van der Waals surface area contributed by atoms with Gasteiger partial charge in [-0.05, 0) is 44.5 Å². The first-order valence-electron chi connectivity index (χ1n) is 6.34. The number of nitrogens with zero attached hydrogens (tertiary/aromatic N) is 1. The Hall–Kier alpha value is 0.230. The Morgan fingerprint density at radius 1 is 1.25 bits per heavy atom. The highest BCUT2D eigenvalue weighted by Gasteiger charge is 2.07. The topological polar surface area (TPSA) is 35.5 Å². The summed E-state index contributed by atoms with van der Waals surface area (Å²) in [5.41, 5.74) is 0. The van der Waals surface area contributed by atoms with Gasteiger partial charge in [0.15, 0.2) is 0 Å². The number of hydrogen-bond acceptors (Lipinski definition) is 4. The van der Waals surface area contributed by atoms with Crippen LogP contribution in [0.1, 0.15) is 26.7 Å². The molecule has 0 fully saturated rings. The van der Waals surface area contributed by atoms with Gasteiger partial charge in [-0.1, -0.05) is 13.8 Å². The van der Waals surface area contributed by atoms with Crippen molar-refractivity contribution in [2.75, 3.05) is 44.7 Å². The first-order valence-corrected chi connectivity index (χ1v) is 7.74. The first-order chi connectivity index (χ1) is 7.74. The molecule has 0 saturated heterocycles. The molecule has 2 N–H and O–H groups in total. The van der Waals surface area contributed by atoms with E-state index < -0.39 is 0 Å². The summed E-state index contributed by atoms with van der Waals surface area (Å²) in [6, 6.07) is 0. The van der Waals surface area contributed by atoms with E-state index in [1.807, 2.05) is 11.8 Å². The predicted molar refractivity (Wildman–Crippen MR) is 74.3 cm³/mol. The molecule has 0 aliphatic heterocycles. The summed E-state index contributed by atoms with van der Waals surface area (Å²) in [6.07, 6.45) is 4.38. The largest absolute Gasteiger partial charge is 0.390 e. The Morgan fingerprint density at radius 2 is 1.94 bits per heavy atom. The summed E-state index contributed by atoms with van der Waals surface area (Å²) < 4.78 is 0. The lowest BCUT2D eigenvalue weighted by atomic mass is 10.3. The quantitative estimate of drug-likeness (QED) is 0.542. The zero-order chi connectivity index (χ0) is 12.2. The highest BCUT2D eigenvalue weighted by Crippen LogP contribution is 1.98. The Bertz CT molecular complexity index is 143. The number of nitrogens with one attached hydrogen (secondary N) is 1. The van der Waals surface area contributed by atoms with Crippen LogP contribution in [-0.4, -0.2) is 60.8 Å². The van der Waals surface area contributed by atoms with Crippen LogP contribution in [0.5, 0.6) is 0 Å². The summed E-state index contributed by atoms with van der Waals surface area (Å²) in [5, 5.41) is 13.1. The molecule has 0 heterocycles. The van der Waals surface area contributed by atoms with Crippen molar-refractivity contribution >= 4 is 11.8 Å². The number of aliphatic hydroxyl groups is 1. The highest BCUT2D eigenvalue weighted by atomic mass is 32.2. The second-order valence-electron chi connectivity index (χ2n) is 4.04. The van der Waals surface area contributed by atoms with Crippen LogP contribution in [-0.2, 0) is 0 Å². The van der Waals surface area contributed by atoms with Gasteiger partial charge < -0.3 is 15.3 Å². The lowest BCUT2D eigenvalue weighted by Crippen LogP contribution is -2.38. The molecular weight excluding hydrogens is 220 g/mol. The Morgan fingerprint density at radius 3 is 2.50 bits per heavy atom. The van der Waals surface area contributed by atoms with E-state index in [1.54, 1.807) is 0 Å². The molecule has 0 aromatic heterocycles. The number of likely N-dealkylation sites (N-methyl/N-ethyl adjacent to an activating group) is 1. The molecular formula is C12H28N2OS. The molecule has 0 rings (SSSR count). The van der Waals surface area contributed by atoms with Crippen LogP contribution in [0.3, 0.4) is 0 Å². The van der Waals surface area contributed by atoms with Gasteiger partial charge in [0.2, 0.25) is 0 Å². The monoisotopic (exact) mass is 248 g/mol. The first kappa shape index (κ1) is 16.2. The van der Waals surface area contributed by atoms with Crippen molar-refractivity contribution in [2.45, 2.75) is 32.8 Å². The zero-order valence-electron chi connectivity index (χ0n) is 11.0. The predicted octanol–water partition coefficient (Wildman–Crippen LogP) is 1.42. The Labute approximate surface area is 105 Å². The van der Waals surface area contributed by atoms with Crippen LogP contribution >= 0.6 is 11.8 Å². The maximum atomic E-state index is 9.78. The Balaban J connectivity index is 3.32. The summed E-state index contributed by atoms with van der Waals surface area (Å²) in [5.74, 6) is 1.24. The zero-order valence-corrected chi connectivity index (χ0v) is 11.9. The van der Waals surface area contributed by atoms with Crippen molar-refractivity contribution in [1.82, 2.24) is 10.2 Å². The average molecular weight is 248 g/mol. The normalized spacial score (nSPS) is 13.3. The van der Waals surface area contributed by atoms with Crippen LogP contribution in [0.4, 0.5) is 0 Å². The molecule has 98 valence electrons. The molecule has 3 nitrogen and oxygen atoms in total. The van der Waals surface area contributed by atoms with Crippen molar-refractivity contribution in [3.8, 4) is 0 Å². The number of thioether (sulfide) groups is 1. The van der Waals surface area contributed by atoms with E-state index in [0.717, 1.165) is 32.7 Å². The van der Waals surface area contributed by atoms with E-state index in [4.69, 9.17) is 0 Å². The second kappa shape index (κ2) is 11.7. The highest BCUT2D eigenvalue weighted by molar-refractivity contribution is 7.98. The third kappa shape index (κ3) is 9.46. The van der Waals surface area contributed by atoms with E-state index >= 15 is 0 Å². The van der Waals surface area contributed by atoms with Gasteiger partial charge in [0.25, 0.3) is 0 Å². The third-order valence-corrected chi connectivity index (χ3v) is 3.39.